The summed E-state index contributed by atoms with van der Waals surface area (Å²) in [6.45, 7) is -0.624. The van der Waals surface area contributed by atoms with Crippen molar-refractivity contribution in [2.24, 2.45) is 0 Å². The molecule has 0 atom stereocenters. The molecule has 0 heterocycles. The fourth-order valence-corrected chi connectivity index (χ4v) is 1.70. The summed E-state index contributed by atoms with van der Waals surface area (Å²) in [6, 6.07) is 8.84. The molecule has 0 amide bonds. The van der Waals surface area contributed by atoms with E-state index in [0.717, 1.165) is 11.0 Å². The second-order valence-corrected chi connectivity index (χ2v) is 4.62. The van der Waals surface area contributed by atoms with Crippen LogP contribution in [0.2, 0.25) is 0 Å². The average Bonchev–Trinajstić information content (AvgIpc) is 2.26. The van der Waals surface area contributed by atoms with Gasteiger partial charge in [-0.05, 0) is 11.6 Å². The molecule has 0 aromatic heterocycles. The lowest BCUT2D eigenvalue weighted by Crippen LogP contribution is -2.27. The molecular weight excluding hydrogens is 230 g/mol. The first-order valence-electron chi connectivity index (χ1n) is 4.44. The van der Waals surface area contributed by atoms with Crippen LogP contribution in [0.1, 0.15) is 5.56 Å². The predicted octanol–water partition coefficient (Wildman–Crippen LogP) is 0.661. The minimum absolute atomic E-state index is 0.624. The molecule has 0 saturated carbocycles. The van der Waals surface area contributed by atoms with Crippen LogP contribution < -0.4 is 4.72 Å². The number of hydrogen-bond acceptors (Lipinski definition) is 3. The number of nitrogens with one attached hydrogen (secondary N) is 1. The Balaban J connectivity index is 2.66. The Bertz CT molecular complexity index is 479. The minimum atomic E-state index is -3.69. The van der Waals surface area contributed by atoms with Gasteiger partial charge >= 0.3 is 5.97 Å². The maximum Gasteiger partial charge on any atom is 0.318 e. The highest BCUT2D eigenvalue weighted by atomic mass is 32.2. The molecule has 0 unspecified atom stereocenters. The zero-order chi connectivity index (χ0) is 12.0. The Kier molecular flexibility index (Phi) is 4.21. The van der Waals surface area contributed by atoms with Gasteiger partial charge in [0, 0.05) is 5.41 Å². The lowest BCUT2D eigenvalue weighted by molar-refractivity contribution is -0.135. The van der Waals surface area contributed by atoms with E-state index in [2.05, 4.69) is 0 Å². The molecule has 6 heteroatoms. The smallest absolute Gasteiger partial charge is 0.318 e. The summed E-state index contributed by atoms with van der Waals surface area (Å²) in [5.41, 5.74) is 0.725. The average molecular weight is 241 g/mol. The third kappa shape index (κ3) is 4.72. The number of carboxylic acids is 1. The van der Waals surface area contributed by atoms with Crippen molar-refractivity contribution in [2.75, 3.05) is 6.54 Å². The quantitative estimate of drug-likeness (QED) is 0.793. The van der Waals surface area contributed by atoms with Gasteiger partial charge in [0.25, 0.3) is 0 Å². The van der Waals surface area contributed by atoms with Crippen LogP contribution in [-0.4, -0.2) is 26.0 Å². The Morgan fingerprint density at radius 1 is 1.31 bits per heavy atom. The van der Waals surface area contributed by atoms with E-state index in [1.54, 1.807) is 24.3 Å². The van der Waals surface area contributed by atoms with E-state index < -0.39 is 22.5 Å². The molecule has 5 nitrogen and oxygen atoms in total. The van der Waals surface area contributed by atoms with Crippen molar-refractivity contribution in [3.63, 3.8) is 0 Å². The van der Waals surface area contributed by atoms with Crippen LogP contribution in [0.3, 0.4) is 0 Å². The molecule has 0 spiro atoms. The maximum atomic E-state index is 11.2. The number of aliphatic carboxylic acids is 1. The minimum Gasteiger partial charge on any atom is -0.480 e. The van der Waals surface area contributed by atoms with E-state index >= 15 is 0 Å². The lowest BCUT2D eigenvalue weighted by Gasteiger charge is -1.98. The van der Waals surface area contributed by atoms with Gasteiger partial charge in [-0.15, -0.1) is 0 Å². The molecule has 0 saturated heterocycles. The summed E-state index contributed by atoms with van der Waals surface area (Å²) in [7, 11) is -3.69. The van der Waals surface area contributed by atoms with Crippen LogP contribution >= 0.6 is 0 Å². The molecule has 0 fully saturated rings. The van der Waals surface area contributed by atoms with Crippen molar-refractivity contribution < 1.29 is 18.3 Å². The molecule has 16 heavy (non-hydrogen) atoms. The predicted molar refractivity (Wildman–Crippen MR) is 60.0 cm³/mol. The van der Waals surface area contributed by atoms with E-state index in [1.807, 2.05) is 10.8 Å². The first-order chi connectivity index (χ1) is 7.49. The van der Waals surface area contributed by atoms with E-state index in [0.29, 0.717) is 0 Å². The zero-order valence-corrected chi connectivity index (χ0v) is 9.15. The molecule has 0 bridgehead atoms. The van der Waals surface area contributed by atoms with Crippen molar-refractivity contribution in [3.05, 3.63) is 41.3 Å². The van der Waals surface area contributed by atoms with Crippen LogP contribution in [0, 0.1) is 0 Å². The number of carbonyl (C=O) groups is 1. The standard InChI is InChI=1S/C10H11NO4S/c12-10(13)8-11-16(14,15)7-6-9-4-2-1-3-5-9/h1-7,11H,8H2,(H,12,13)/b7-6+. The SMILES string of the molecule is O=C(O)CNS(=O)(=O)/C=C/c1ccccc1. The van der Waals surface area contributed by atoms with Crippen molar-refractivity contribution >= 4 is 22.1 Å². The Morgan fingerprint density at radius 2 is 1.94 bits per heavy atom. The molecular formula is C10H11NO4S. The monoisotopic (exact) mass is 241 g/mol. The first-order valence-corrected chi connectivity index (χ1v) is 5.99. The highest BCUT2D eigenvalue weighted by Gasteiger charge is 2.06. The van der Waals surface area contributed by atoms with Crippen LogP contribution in [-0.2, 0) is 14.8 Å². The largest absolute Gasteiger partial charge is 0.480 e. The normalized spacial score (nSPS) is 11.8. The van der Waals surface area contributed by atoms with Gasteiger partial charge in [-0.3, -0.25) is 4.79 Å². The summed E-state index contributed by atoms with van der Waals surface area (Å²) in [5.74, 6) is -1.23. The number of carboxylic acid groups (broad SMARTS) is 1. The summed E-state index contributed by atoms with van der Waals surface area (Å²) < 4.78 is 24.4. The lowest BCUT2D eigenvalue weighted by atomic mass is 10.2. The number of benzene rings is 1. The molecule has 86 valence electrons. The molecule has 0 radical (unpaired) electrons. The summed E-state index contributed by atoms with van der Waals surface area (Å²) in [4.78, 5) is 10.2. The van der Waals surface area contributed by atoms with Gasteiger partial charge in [-0.25, -0.2) is 13.1 Å². The summed E-state index contributed by atoms with van der Waals surface area (Å²) in [5, 5.41) is 9.25. The summed E-state index contributed by atoms with van der Waals surface area (Å²) >= 11 is 0. The van der Waals surface area contributed by atoms with Crippen LogP contribution in [0.25, 0.3) is 6.08 Å². The van der Waals surface area contributed by atoms with Crippen LogP contribution in [0.5, 0.6) is 0 Å². The zero-order valence-electron chi connectivity index (χ0n) is 8.33. The fourth-order valence-electron chi connectivity index (χ4n) is 0.943. The molecule has 0 aliphatic rings. The van der Waals surface area contributed by atoms with Gasteiger partial charge in [-0.1, -0.05) is 30.3 Å². The third-order valence-corrected chi connectivity index (χ3v) is 2.70. The highest BCUT2D eigenvalue weighted by molar-refractivity contribution is 7.92. The van der Waals surface area contributed by atoms with Gasteiger partial charge in [-0.2, -0.15) is 0 Å². The fraction of sp³-hybridized carbons (Fsp3) is 0.100. The Labute approximate surface area is 93.5 Å². The van der Waals surface area contributed by atoms with Gasteiger partial charge in [0.05, 0.1) is 0 Å². The van der Waals surface area contributed by atoms with Crippen molar-refractivity contribution in [3.8, 4) is 0 Å². The van der Waals surface area contributed by atoms with E-state index in [4.69, 9.17) is 5.11 Å². The molecule has 0 aliphatic heterocycles. The molecule has 1 aromatic rings. The Morgan fingerprint density at radius 3 is 2.50 bits per heavy atom. The van der Waals surface area contributed by atoms with Crippen molar-refractivity contribution in [1.82, 2.24) is 4.72 Å². The molecule has 0 aliphatic carbocycles. The first kappa shape index (κ1) is 12.4. The maximum absolute atomic E-state index is 11.2. The van der Waals surface area contributed by atoms with Crippen LogP contribution in [0.15, 0.2) is 35.7 Å². The van der Waals surface area contributed by atoms with E-state index in [-0.39, 0.29) is 0 Å². The molecule has 1 rings (SSSR count). The van der Waals surface area contributed by atoms with Gasteiger partial charge in [0.1, 0.15) is 6.54 Å². The summed E-state index contributed by atoms with van der Waals surface area (Å²) in [6.07, 6.45) is 1.39. The number of rotatable bonds is 5. The van der Waals surface area contributed by atoms with E-state index in [1.165, 1.54) is 6.08 Å². The topological polar surface area (TPSA) is 83.5 Å². The third-order valence-electron chi connectivity index (χ3n) is 1.66. The highest BCUT2D eigenvalue weighted by Crippen LogP contribution is 2.02. The van der Waals surface area contributed by atoms with Crippen LogP contribution in [0.4, 0.5) is 0 Å². The van der Waals surface area contributed by atoms with Gasteiger partial charge in [0.15, 0.2) is 0 Å². The number of hydrogen-bond donors (Lipinski definition) is 2. The molecule has 2 N–H and O–H groups in total. The van der Waals surface area contributed by atoms with Crippen molar-refractivity contribution in [1.29, 1.82) is 0 Å². The van der Waals surface area contributed by atoms with Gasteiger partial charge in [0.2, 0.25) is 10.0 Å². The van der Waals surface area contributed by atoms with Gasteiger partial charge < -0.3 is 5.11 Å². The Hall–Kier alpha value is -1.66. The second kappa shape index (κ2) is 5.43. The van der Waals surface area contributed by atoms with E-state index in [9.17, 15) is 13.2 Å². The number of sulfonamides is 1. The second-order valence-electron chi connectivity index (χ2n) is 2.97. The van der Waals surface area contributed by atoms with Crippen molar-refractivity contribution in [2.45, 2.75) is 0 Å². The molecule has 1 aromatic carbocycles.